The predicted octanol–water partition coefficient (Wildman–Crippen LogP) is 5.37. The molecule has 0 saturated carbocycles. The maximum Gasteiger partial charge on any atom is 0.148 e. The summed E-state index contributed by atoms with van der Waals surface area (Å²) in [6.45, 7) is 0. The summed E-state index contributed by atoms with van der Waals surface area (Å²) in [5.41, 5.74) is 1.40. The number of hydrogen-bond donors (Lipinski definition) is 1. The predicted molar refractivity (Wildman–Crippen MR) is 86.7 cm³/mol. The van der Waals surface area contributed by atoms with Crippen LogP contribution >= 0.6 is 31.9 Å². The molecule has 3 rings (SSSR count). The van der Waals surface area contributed by atoms with Gasteiger partial charge in [-0.3, -0.25) is 0 Å². The van der Waals surface area contributed by atoms with Crippen LogP contribution in [0.3, 0.4) is 0 Å². The minimum Gasteiger partial charge on any atom is -0.457 e. The number of furan rings is 1. The van der Waals surface area contributed by atoms with Crippen LogP contribution in [0.4, 0.5) is 4.39 Å². The van der Waals surface area contributed by atoms with E-state index in [1.165, 1.54) is 12.1 Å². The summed E-state index contributed by atoms with van der Waals surface area (Å²) >= 11 is 6.66. The Labute approximate surface area is 137 Å². The molecule has 1 unspecified atom stereocenters. The van der Waals surface area contributed by atoms with Crippen molar-refractivity contribution in [1.29, 1.82) is 0 Å². The highest BCUT2D eigenvalue weighted by Gasteiger charge is 2.16. The topological polar surface area (TPSA) is 33.4 Å². The normalized spacial score (nSPS) is 12.8. The van der Waals surface area contributed by atoms with Crippen molar-refractivity contribution in [2.24, 2.45) is 0 Å². The number of benzene rings is 2. The molecule has 0 spiro atoms. The lowest BCUT2D eigenvalue weighted by Crippen LogP contribution is -2.00. The van der Waals surface area contributed by atoms with E-state index in [1.807, 2.05) is 18.2 Å². The highest BCUT2D eigenvalue weighted by molar-refractivity contribution is 9.11. The molecule has 0 saturated heterocycles. The molecule has 1 heterocycles. The number of rotatable bonds is 3. The van der Waals surface area contributed by atoms with Gasteiger partial charge in [-0.1, -0.05) is 28.1 Å². The molecule has 0 bridgehead atoms. The average molecular weight is 414 g/mol. The first kappa shape index (κ1) is 14.8. The number of aliphatic hydroxyl groups is 1. The number of hydrogen-bond acceptors (Lipinski definition) is 2. The standard InChI is InChI=1S/C16H11Br2FO2/c17-11-4-9(5-12(19)8-11)6-14(20)15-7-10-2-1-3-13(18)16(10)21-15/h1-5,7-8,14,20H,6H2. The van der Waals surface area contributed by atoms with Crippen molar-refractivity contribution in [2.75, 3.05) is 0 Å². The fourth-order valence-corrected chi connectivity index (χ4v) is 3.24. The molecule has 21 heavy (non-hydrogen) atoms. The molecule has 3 aromatic rings. The SMILES string of the molecule is OC(Cc1cc(F)cc(Br)c1)c1cc2cccc(Br)c2o1. The summed E-state index contributed by atoms with van der Waals surface area (Å²) < 4.78 is 20.5. The zero-order valence-corrected chi connectivity index (χ0v) is 14.0. The van der Waals surface area contributed by atoms with Crippen molar-refractivity contribution in [3.63, 3.8) is 0 Å². The van der Waals surface area contributed by atoms with E-state index in [0.29, 0.717) is 21.4 Å². The molecule has 0 aliphatic heterocycles. The van der Waals surface area contributed by atoms with Gasteiger partial charge in [0, 0.05) is 16.3 Å². The second-order valence-electron chi connectivity index (χ2n) is 4.80. The summed E-state index contributed by atoms with van der Waals surface area (Å²) in [5.74, 6) is 0.135. The van der Waals surface area contributed by atoms with Crippen LogP contribution in [0.1, 0.15) is 17.4 Å². The first-order valence-corrected chi connectivity index (χ1v) is 7.92. The first-order valence-electron chi connectivity index (χ1n) is 6.34. The van der Waals surface area contributed by atoms with Crippen LogP contribution in [0.5, 0.6) is 0 Å². The van der Waals surface area contributed by atoms with Crippen LogP contribution < -0.4 is 0 Å². The van der Waals surface area contributed by atoms with Gasteiger partial charge >= 0.3 is 0 Å². The van der Waals surface area contributed by atoms with Gasteiger partial charge in [-0.25, -0.2) is 4.39 Å². The Hall–Kier alpha value is -1.17. The first-order chi connectivity index (χ1) is 10.0. The molecule has 0 radical (unpaired) electrons. The number of para-hydroxylation sites is 1. The van der Waals surface area contributed by atoms with Crippen molar-refractivity contribution in [2.45, 2.75) is 12.5 Å². The Balaban J connectivity index is 1.89. The maximum absolute atomic E-state index is 13.4. The van der Waals surface area contributed by atoms with Gasteiger partial charge in [-0.05, 0) is 51.8 Å². The highest BCUT2D eigenvalue weighted by atomic mass is 79.9. The Morgan fingerprint density at radius 2 is 1.95 bits per heavy atom. The second kappa shape index (κ2) is 5.91. The van der Waals surface area contributed by atoms with Crippen LogP contribution in [-0.4, -0.2) is 5.11 Å². The Morgan fingerprint density at radius 3 is 2.67 bits per heavy atom. The Kier molecular flexibility index (Phi) is 4.15. The largest absolute Gasteiger partial charge is 0.457 e. The van der Waals surface area contributed by atoms with E-state index in [4.69, 9.17) is 4.42 Å². The van der Waals surface area contributed by atoms with E-state index >= 15 is 0 Å². The molecule has 0 fully saturated rings. The lowest BCUT2D eigenvalue weighted by molar-refractivity contribution is 0.152. The molecular weight excluding hydrogens is 403 g/mol. The molecule has 0 amide bonds. The van der Waals surface area contributed by atoms with E-state index in [2.05, 4.69) is 31.9 Å². The number of aliphatic hydroxyl groups excluding tert-OH is 1. The number of fused-ring (bicyclic) bond motifs is 1. The third kappa shape index (κ3) is 3.20. The lowest BCUT2D eigenvalue weighted by atomic mass is 10.1. The van der Waals surface area contributed by atoms with Crippen molar-refractivity contribution < 1.29 is 13.9 Å². The van der Waals surface area contributed by atoms with Crippen molar-refractivity contribution in [3.05, 3.63) is 68.6 Å². The molecule has 2 nitrogen and oxygen atoms in total. The van der Waals surface area contributed by atoms with Crippen LogP contribution in [0.2, 0.25) is 0 Å². The van der Waals surface area contributed by atoms with Gasteiger partial charge in [0.2, 0.25) is 0 Å². The van der Waals surface area contributed by atoms with Gasteiger partial charge in [0.1, 0.15) is 23.3 Å². The van der Waals surface area contributed by atoms with Gasteiger partial charge in [-0.15, -0.1) is 0 Å². The molecule has 1 atom stereocenters. The van der Waals surface area contributed by atoms with Crippen LogP contribution in [0.15, 0.2) is 55.8 Å². The van der Waals surface area contributed by atoms with Crippen LogP contribution in [0.25, 0.3) is 11.0 Å². The molecular formula is C16H11Br2FO2. The van der Waals surface area contributed by atoms with Crippen molar-refractivity contribution >= 4 is 42.8 Å². The van der Waals surface area contributed by atoms with E-state index in [9.17, 15) is 9.50 Å². The maximum atomic E-state index is 13.4. The smallest absolute Gasteiger partial charge is 0.148 e. The van der Waals surface area contributed by atoms with Crippen molar-refractivity contribution in [3.8, 4) is 0 Å². The zero-order valence-electron chi connectivity index (χ0n) is 10.8. The molecule has 108 valence electrons. The molecule has 5 heteroatoms. The molecule has 0 aliphatic carbocycles. The summed E-state index contributed by atoms with van der Waals surface area (Å²) in [4.78, 5) is 0. The molecule has 0 aliphatic rings. The van der Waals surface area contributed by atoms with Gasteiger partial charge in [-0.2, -0.15) is 0 Å². The highest BCUT2D eigenvalue weighted by Crippen LogP contribution is 2.31. The summed E-state index contributed by atoms with van der Waals surface area (Å²) in [7, 11) is 0. The summed E-state index contributed by atoms with van der Waals surface area (Å²) in [5, 5.41) is 11.2. The third-order valence-corrected chi connectivity index (χ3v) is 4.28. The third-order valence-electron chi connectivity index (χ3n) is 3.19. The van der Waals surface area contributed by atoms with E-state index in [0.717, 1.165) is 9.86 Å². The minimum atomic E-state index is -0.821. The fraction of sp³-hybridized carbons (Fsp3) is 0.125. The fourth-order valence-electron chi connectivity index (χ4n) is 2.26. The Morgan fingerprint density at radius 1 is 1.14 bits per heavy atom. The van der Waals surface area contributed by atoms with E-state index in [-0.39, 0.29) is 12.2 Å². The quantitative estimate of drug-likeness (QED) is 0.625. The number of halogens is 3. The Bertz CT molecular complexity index is 778. The van der Waals surface area contributed by atoms with E-state index in [1.54, 1.807) is 12.1 Å². The summed E-state index contributed by atoms with van der Waals surface area (Å²) in [6.07, 6.45) is -0.536. The van der Waals surface area contributed by atoms with Crippen LogP contribution in [0, 0.1) is 5.82 Å². The van der Waals surface area contributed by atoms with Gasteiger partial charge in [0.25, 0.3) is 0 Å². The second-order valence-corrected chi connectivity index (χ2v) is 6.57. The van der Waals surface area contributed by atoms with Gasteiger partial charge < -0.3 is 9.52 Å². The van der Waals surface area contributed by atoms with Crippen molar-refractivity contribution in [1.82, 2.24) is 0 Å². The van der Waals surface area contributed by atoms with Gasteiger partial charge in [0.15, 0.2) is 0 Å². The van der Waals surface area contributed by atoms with Crippen LogP contribution in [-0.2, 0) is 6.42 Å². The minimum absolute atomic E-state index is 0.286. The average Bonchev–Trinajstić information content (AvgIpc) is 2.83. The van der Waals surface area contributed by atoms with Gasteiger partial charge in [0.05, 0.1) is 4.47 Å². The van der Waals surface area contributed by atoms with E-state index < -0.39 is 6.10 Å². The molecule has 1 N–H and O–H groups in total. The molecule has 1 aromatic heterocycles. The zero-order chi connectivity index (χ0) is 15.0. The summed E-state index contributed by atoms with van der Waals surface area (Å²) in [6, 6.07) is 12.1. The monoisotopic (exact) mass is 412 g/mol. The lowest BCUT2D eigenvalue weighted by Gasteiger charge is -2.08. The molecule has 2 aromatic carbocycles.